The summed E-state index contributed by atoms with van der Waals surface area (Å²) in [5, 5.41) is 0. The largest absolute Gasteiger partial charge is 0.344 e. The van der Waals surface area contributed by atoms with Crippen molar-refractivity contribution < 1.29 is 4.79 Å². The van der Waals surface area contributed by atoms with Gasteiger partial charge < -0.3 is 15.5 Å². The molecule has 0 aliphatic heterocycles. The SMILES string of the molecule is CSCC[C@@H](N)C(=O)N(C)CCCN(C)C. The van der Waals surface area contributed by atoms with E-state index in [2.05, 4.69) is 4.90 Å². The predicted molar refractivity (Wildman–Crippen MR) is 71.8 cm³/mol. The molecule has 0 rings (SSSR count). The monoisotopic (exact) mass is 247 g/mol. The molecule has 0 unspecified atom stereocenters. The normalized spacial score (nSPS) is 12.9. The van der Waals surface area contributed by atoms with Crippen molar-refractivity contribution in [3.63, 3.8) is 0 Å². The van der Waals surface area contributed by atoms with Crippen molar-refractivity contribution in [2.24, 2.45) is 5.73 Å². The van der Waals surface area contributed by atoms with Crippen molar-refractivity contribution >= 4 is 17.7 Å². The Morgan fingerprint density at radius 2 is 1.94 bits per heavy atom. The topological polar surface area (TPSA) is 49.6 Å². The molecule has 16 heavy (non-hydrogen) atoms. The summed E-state index contributed by atoms with van der Waals surface area (Å²) in [6, 6.07) is -0.336. The van der Waals surface area contributed by atoms with Gasteiger partial charge in [0.05, 0.1) is 6.04 Å². The molecule has 0 bridgehead atoms. The minimum Gasteiger partial charge on any atom is -0.344 e. The van der Waals surface area contributed by atoms with E-state index in [0.717, 1.165) is 31.7 Å². The van der Waals surface area contributed by atoms with Crippen molar-refractivity contribution in [3.05, 3.63) is 0 Å². The van der Waals surface area contributed by atoms with Gasteiger partial charge in [-0.15, -0.1) is 0 Å². The van der Waals surface area contributed by atoms with Crippen LogP contribution >= 0.6 is 11.8 Å². The van der Waals surface area contributed by atoms with Crippen LogP contribution in [0.5, 0.6) is 0 Å². The van der Waals surface area contributed by atoms with Crippen LogP contribution in [0.1, 0.15) is 12.8 Å². The molecule has 0 saturated heterocycles. The second kappa shape index (κ2) is 8.84. The number of carbonyl (C=O) groups excluding carboxylic acids is 1. The summed E-state index contributed by atoms with van der Waals surface area (Å²) in [4.78, 5) is 15.7. The number of nitrogens with zero attached hydrogens (tertiary/aromatic N) is 2. The second-order valence-corrected chi connectivity index (χ2v) is 5.29. The quantitative estimate of drug-likeness (QED) is 0.678. The third-order valence-electron chi connectivity index (χ3n) is 2.43. The minimum absolute atomic E-state index is 0.0628. The van der Waals surface area contributed by atoms with E-state index in [4.69, 9.17) is 5.73 Å². The zero-order valence-electron chi connectivity index (χ0n) is 10.9. The van der Waals surface area contributed by atoms with Crippen LogP contribution < -0.4 is 5.73 Å². The van der Waals surface area contributed by atoms with E-state index < -0.39 is 0 Å². The molecule has 0 heterocycles. The Morgan fingerprint density at radius 3 is 2.44 bits per heavy atom. The van der Waals surface area contributed by atoms with E-state index in [-0.39, 0.29) is 11.9 Å². The van der Waals surface area contributed by atoms with Crippen molar-refractivity contribution in [1.29, 1.82) is 0 Å². The predicted octanol–water partition coefficient (Wildman–Crippen LogP) is 0.477. The van der Waals surface area contributed by atoms with Crippen LogP contribution in [0.15, 0.2) is 0 Å². The summed E-state index contributed by atoms with van der Waals surface area (Å²) in [6.45, 7) is 1.78. The smallest absolute Gasteiger partial charge is 0.239 e. The Bertz CT molecular complexity index is 200. The van der Waals surface area contributed by atoms with Crippen LogP contribution in [0.25, 0.3) is 0 Å². The van der Waals surface area contributed by atoms with Crippen LogP contribution in [-0.4, -0.2) is 68.0 Å². The zero-order valence-corrected chi connectivity index (χ0v) is 11.7. The highest BCUT2D eigenvalue weighted by atomic mass is 32.2. The zero-order chi connectivity index (χ0) is 12.6. The maximum Gasteiger partial charge on any atom is 0.239 e. The van der Waals surface area contributed by atoms with Crippen molar-refractivity contribution in [3.8, 4) is 0 Å². The van der Waals surface area contributed by atoms with Gasteiger partial charge in [0, 0.05) is 13.6 Å². The third kappa shape index (κ3) is 7.09. The highest BCUT2D eigenvalue weighted by Crippen LogP contribution is 2.02. The van der Waals surface area contributed by atoms with Crippen LogP contribution in [0.4, 0.5) is 0 Å². The number of likely N-dealkylation sites (N-methyl/N-ethyl adjacent to an activating group) is 1. The first-order chi connectivity index (χ1) is 7.49. The molecule has 0 aromatic heterocycles. The molecule has 0 aliphatic rings. The second-order valence-electron chi connectivity index (χ2n) is 4.30. The lowest BCUT2D eigenvalue weighted by molar-refractivity contribution is -0.131. The van der Waals surface area contributed by atoms with Gasteiger partial charge in [-0.2, -0.15) is 11.8 Å². The molecule has 1 amide bonds. The van der Waals surface area contributed by atoms with Gasteiger partial charge in [-0.1, -0.05) is 0 Å². The molecular weight excluding hydrogens is 222 g/mol. The molecule has 4 nitrogen and oxygen atoms in total. The van der Waals surface area contributed by atoms with E-state index >= 15 is 0 Å². The number of rotatable bonds is 8. The average Bonchev–Trinajstić information content (AvgIpc) is 2.24. The fourth-order valence-electron chi connectivity index (χ4n) is 1.39. The minimum atomic E-state index is -0.336. The molecule has 0 aromatic rings. The molecule has 0 saturated carbocycles. The summed E-state index contributed by atoms with van der Waals surface area (Å²) in [5.41, 5.74) is 5.82. The number of carbonyl (C=O) groups is 1. The molecule has 0 spiro atoms. The molecule has 0 aromatic carbocycles. The Balaban J connectivity index is 3.79. The van der Waals surface area contributed by atoms with Crippen LogP contribution in [0.2, 0.25) is 0 Å². The van der Waals surface area contributed by atoms with Gasteiger partial charge in [0.25, 0.3) is 0 Å². The first-order valence-electron chi connectivity index (χ1n) is 5.63. The van der Waals surface area contributed by atoms with Crippen LogP contribution in [0.3, 0.4) is 0 Å². The average molecular weight is 247 g/mol. The fourth-order valence-corrected chi connectivity index (χ4v) is 1.88. The summed E-state index contributed by atoms with van der Waals surface area (Å²) in [6.07, 6.45) is 3.78. The van der Waals surface area contributed by atoms with E-state index in [0.29, 0.717) is 0 Å². The van der Waals surface area contributed by atoms with Gasteiger partial charge in [0.1, 0.15) is 0 Å². The van der Waals surface area contributed by atoms with Crippen molar-refractivity contribution in [2.45, 2.75) is 18.9 Å². The molecule has 0 aliphatic carbocycles. The summed E-state index contributed by atoms with van der Waals surface area (Å²) in [5.74, 6) is 1.01. The first-order valence-corrected chi connectivity index (χ1v) is 7.02. The Labute approximate surface area is 104 Å². The van der Waals surface area contributed by atoms with Crippen LogP contribution in [-0.2, 0) is 4.79 Å². The molecule has 0 fully saturated rings. The maximum absolute atomic E-state index is 11.8. The van der Waals surface area contributed by atoms with Gasteiger partial charge in [-0.05, 0) is 45.5 Å². The molecule has 2 N–H and O–H groups in total. The van der Waals surface area contributed by atoms with Gasteiger partial charge in [-0.3, -0.25) is 4.79 Å². The molecule has 0 radical (unpaired) electrons. The number of hydrogen-bond donors (Lipinski definition) is 1. The lowest BCUT2D eigenvalue weighted by atomic mass is 10.2. The summed E-state index contributed by atoms with van der Waals surface area (Å²) >= 11 is 1.72. The number of nitrogens with two attached hydrogens (primary N) is 1. The maximum atomic E-state index is 11.8. The van der Waals surface area contributed by atoms with Gasteiger partial charge in [-0.25, -0.2) is 0 Å². The first kappa shape index (κ1) is 15.7. The molecule has 96 valence electrons. The molecule has 5 heteroatoms. The van der Waals surface area contributed by atoms with E-state index in [1.54, 1.807) is 16.7 Å². The van der Waals surface area contributed by atoms with E-state index in [9.17, 15) is 4.79 Å². The lowest BCUT2D eigenvalue weighted by Gasteiger charge is -2.22. The number of hydrogen-bond acceptors (Lipinski definition) is 4. The van der Waals surface area contributed by atoms with Gasteiger partial charge >= 0.3 is 0 Å². The van der Waals surface area contributed by atoms with E-state index in [1.165, 1.54) is 0 Å². The number of thioether (sulfide) groups is 1. The Morgan fingerprint density at radius 1 is 1.31 bits per heavy atom. The molecule has 1 atom stereocenters. The number of amides is 1. The van der Waals surface area contributed by atoms with Gasteiger partial charge in [0.15, 0.2) is 0 Å². The lowest BCUT2D eigenvalue weighted by Crippen LogP contribution is -2.42. The van der Waals surface area contributed by atoms with E-state index in [1.807, 2.05) is 27.4 Å². The Hall–Kier alpha value is -0.260. The third-order valence-corrected chi connectivity index (χ3v) is 3.07. The molecular formula is C11H25N3OS. The fraction of sp³-hybridized carbons (Fsp3) is 0.909. The Kier molecular flexibility index (Phi) is 8.70. The van der Waals surface area contributed by atoms with Crippen molar-refractivity contribution in [1.82, 2.24) is 9.80 Å². The van der Waals surface area contributed by atoms with Crippen LogP contribution in [0, 0.1) is 0 Å². The standard InChI is InChI=1S/C11H25N3OS/c1-13(2)7-5-8-14(3)11(15)10(12)6-9-16-4/h10H,5-9,12H2,1-4H3/t10-/m1/s1. The van der Waals surface area contributed by atoms with Gasteiger partial charge in [0.2, 0.25) is 5.91 Å². The summed E-state index contributed by atoms with van der Waals surface area (Å²) < 4.78 is 0. The highest BCUT2D eigenvalue weighted by molar-refractivity contribution is 7.98. The highest BCUT2D eigenvalue weighted by Gasteiger charge is 2.16. The summed E-state index contributed by atoms with van der Waals surface area (Å²) in [7, 11) is 5.90. The van der Waals surface area contributed by atoms with Crippen molar-refractivity contribution in [2.75, 3.05) is 46.2 Å².